The molecule has 1 atom stereocenters. The summed E-state index contributed by atoms with van der Waals surface area (Å²) >= 11 is 0. The number of nitrogens with one attached hydrogen (secondary N) is 1. The van der Waals surface area contributed by atoms with Gasteiger partial charge in [-0.25, -0.2) is 13.1 Å². The normalized spacial score (nSPS) is 14.0. The molecule has 0 aliphatic heterocycles. The fourth-order valence-electron chi connectivity index (χ4n) is 1.63. The Morgan fingerprint density at radius 2 is 2.11 bits per heavy atom. The fourth-order valence-corrected chi connectivity index (χ4v) is 2.82. The van der Waals surface area contributed by atoms with Crippen molar-refractivity contribution in [3.05, 3.63) is 18.0 Å². The van der Waals surface area contributed by atoms with Crippen LogP contribution in [-0.2, 0) is 23.1 Å². The van der Waals surface area contributed by atoms with Crippen LogP contribution in [0.25, 0.3) is 0 Å². The third-order valence-electron chi connectivity index (χ3n) is 3.27. The van der Waals surface area contributed by atoms with Crippen molar-refractivity contribution < 1.29 is 8.42 Å². The first kappa shape index (κ1) is 16.2. The van der Waals surface area contributed by atoms with Crippen molar-refractivity contribution >= 4 is 10.0 Å². The molecule has 1 aromatic rings. The van der Waals surface area contributed by atoms with Gasteiger partial charge in [-0.05, 0) is 34.0 Å². The summed E-state index contributed by atoms with van der Waals surface area (Å²) in [7, 11) is 0.368. The molecule has 0 radical (unpaired) electrons. The Kier molecular flexibility index (Phi) is 5.54. The standard InChI is InChI=1S/C12H24N4O2S/c1-5-16-9-12(6-11(16)7-13)19(17,18)14-8-10(2)15(3)4/h6,9-10,14H,5,7-8,13H2,1-4H3. The predicted octanol–water partition coefficient (Wildman–Crippen LogP) is 0.195. The van der Waals surface area contributed by atoms with Gasteiger partial charge in [-0.1, -0.05) is 0 Å². The predicted molar refractivity (Wildman–Crippen MR) is 76.3 cm³/mol. The highest BCUT2D eigenvalue weighted by molar-refractivity contribution is 7.89. The third kappa shape index (κ3) is 4.04. The Morgan fingerprint density at radius 1 is 1.47 bits per heavy atom. The van der Waals surface area contributed by atoms with Crippen LogP contribution in [-0.4, -0.2) is 44.6 Å². The summed E-state index contributed by atoms with van der Waals surface area (Å²) in [5.41, 5.74) is 6.42. The number of likely N-dealkylation sites (N-methyl/N-ethyl adjacent to an activating group) is 1. The van der Waals surface area contributed by atoms with Crippen LogP contribution < -0.4 is 10.5 Å². The first-order chi connectivity index (χ1) is 8.81. The van der Waals surface area contributed by atoms with Crippen molar-refractivity contribution in [1.82, 2.24) is 14.2 Å². The molecule has 0 aliphatic rings. The lowest BCUT2D eigenvalue weighted by molar-refractivity contribution is 0.314. The van der Waals surface area contributed by atoms with E-state index in [-0.39, 0.29) is 10.9 Å². The molecular formula is C12H24N4O2S. The number of hydrogen-bond acceptors (Lipinski definition) is 4. The topological polar surface area (TPSA) is 80.4 Å². The number of sulfonamides is 1. The highest BCUT2D eigenvalue weighted by atomic mass is 32.2. The Bertz CT molecular complexity index is 486. The van der Waals surface area contributed by atoms with Crippen molar-refractivity contribution in [2.24, 2.45) is 5.73 Å². The average Bonchev–Trinajstić information content (AvgIpc) is 2.79. The Morgan fingerprint density at radius 3 is 2.53 bits per heavy atom. The van der Waals surface area contributed by atoms with Gasteiger partial charge in [-0.15, -0.1) is 0 Å². The zero-order valence-electron chi connectivity index (χ0n) is 12.0. The first-order valence-electron chi connectivity index (χ1n) is 6.37. The van der Waals surface area contributed by atoms with Gasteiger partial charge < -0.3 is 15.2 Å². The average molecular weight is 288 g/mol. The maximum atomic E-state index is 12.2. The molecule has 7 heteroatoms. The van der Waals surface area contributed by atoms with E-state index < -0.39 is 10.0 Å². The molecule has 0 spiro atoms. The number of aromatic nitrogens is 1. The summed E-state index contributed by atoms with van der Waals surface area (Å²) in [5.74, 6) is 0. The summed E-state index contributed by atoms with van der Waals surface area (Å²) in [4.78, 5) is 2.24. The molecule has 0 bridgehead atoms. The van der Waals surface area contributed by atoms with Crippen LogP contribution in [0.3, 0.4) is 0 Å². The van der Waals surface area contributed by atoms with Crippen LogP contribution in [0.1, 0.15) is 19.5 Å². The summed E-state index contributed by atoms with van der Waals surface area (Å²) in [6.45, 7) is 5.33. The summed E-state index contributed by atoms with van der Waals surface area (Å²) in [6, 6.07) is 1.77. The quantitative estimate of drug-likeness (QED) is 0.751. The molecule has 0 fully saturated rings. The van der Waals surface area contributed by atoms with Gasteiger partial charge in [0.2, 0.25) is 10.0 Å². The first-order valence-corrected chi connectivity index (χ1v) is 7.85. The van der Waals surface area contributed by atoms with Crippen LogP contribution in [0.15, 0.2) is 17.2 Å². The van der Waals surface area contributed by atoms with Gasteiger partial charge in [0.15, 0.2) is 0 Å². The van der Waals surface area contributed by atoms with Crippen LogP contribution in [0.2, 0.25) is 0 Å². The molecule has 1 heterocycles. The van der Waals surface area contributed by atoms with Gasteiger partial charge in [0, 0.05) is 37.6 Å². The van der Waals surface area contributed by atoms with Crippen LogP contribution in [0, 0.1) is 0 Å². The van der Waals surface area contributed by atoms with Gasteiger partial charge >= 0.3 is 0 Å². The van der Waals surface area contributed by atoms with Crippen molar-refractivity contribution in [2.75, 3.05) is 20.6 Å². The summed E-state index contributed by atoms with van der Waals surface area (Å²) < 4.78 is 28.8. The molecule has 19 heavy (non-hydrogen) atoms. The second-order valence-electron chi connectivity index (χ2n) is 4.82. The van der Waals surface area contributed by atoms with E-state index in [9.17, 15) is 8.42 Å². The van der Waals surface area contributed by atoms with E-state index in [4.69, 9.17) is 5.73 Å². The maximum Gasteiger partial charge on any atom is 0.242 e. The molecule has 0 saturated heterocycles. The van der Waals surface area contributed by atoms with Crippen molar-refractivity contribution in [1.29, 1.82) is 0 Å². The number of nitrogens with zero attached hydrogens (tertiary/aromatic N) is 2. The molecule has 110 valence electrons. The van der Waals surface area contributed by atoms with E-state index in [2.05, 4.69) is 4.72 Å². The molecule has 0 saturated carbocycles. The highest BCUT2D eigenvalue weighted by Crippen LogP contribution is 2.14. The summed E-state index contributed by atoms with van der Waals surface area (Å²) in [6.07, 6.45) is 1.63. The zero-order valence-corrected chi connectivity index (χ0v) is 12.9. The largest absolute Gasteiger partial charge is 0.349 e. The van der Waals surface area contributed by atoms with E-state index in [0.717, 1.165) is 5.69 Å². The lowest BCUT2D eigenvalue weighted by atomic mass is 10.3. The molecule has 0 amide bonds. The molecule has 1 rings (SSSR count). The highest BCUT2D eigenvalue weighted by Gasteiger charge is 2.18. The smallest absolute Gasteiger partial charge is 0.242 e. The maximum absolute atomic E-state index is 12.2. The fraction of sp³-hybridized carbons (Fsp3) is 0.667. The molecule has 3 N–H and O–H groups in total. The molecule has 0 aromatic carbocycles. The second-order valence-corrected chi connectivity index (χ2v) is 6.59. The summed E-state index contributed by atoms with van der Waals surface area (Å²) in [5, 5.41) is 0. The van der Waals surface area contributed by atoms with E-state index >= 15 is 0 Å². The van der Waals surface area contributed by atoms with Gasteiger partial charge in [0.1, 0.15) is 0 Å². The van der Waals surface area contributed by atoms with E-state index in [1.165, 1.54) is 0 Å². The monoisotopic (exact) mass is 288 g/mol. The minimum atomic E-state index is -3.46. The molecule has 1 aromatic heterocycles. The van der Waals surface area contributed by atoms with Crippen molar-refractivity contribution in [2.45, 2.75) is 37.9 Å². The SMILES string of the molecule is CCn1cc(S(=O)(=O)NCC(C)N(C)C)cc1CN. The van der Waals surface area contributed by atoms with Gasteiger partial charge in [-0.2, -0.15) is 0 Å². The lowest BCUT2D eigenvalue weighted by Gasteiger charge is -2.19. The zero-order chi connectivity index (χ0) is 14.6. The molecule has 6 nitrogen and oxygen atoms in total. The molecular weight excluding hydrogens is 264 g/mol. The van der Waals surface area contributed by atoms with Gasteiger partial charge in [0.25, 0.3) is 0 Å². The number of aryl methyl sites for hydroxylation is 1. The van der Waals surface area contributed by atoms with Gasteiger partial charge in [0.05, 0.1) is 4.90 Å². The van der Waals surface area contributed by atoms with Crippen molar-refractivity contribution in [3.63, 3.8) is 0 Å². The second kappa shape index (κ2) is 6.51. The lowest BCUT2D eigenvalue weighted by Crippen LogP contribution is -2.38. The van der Waals surface area contributed by atoms with E-state index in [1.807, 2.05) is 37.4 Å². The minimum absolute atomic E-state index is 0.136. The third-order valence-corrected chi connectivity index (χ3v) is 4.66. The molecule has 1 unspecified atom stereocenters. The van der Waals surface area contributed by atoms with Crippen LogP contribution >= 0.6 is 0 Å². The number of rotatable bonds is 7. The Hall–Kier alpha value is -0.890. The van der Waals surface area contributed by atoms with Crippen LogP contribution in [0.4, 0.5) is 0 Å². The Labute approximate surface area is 115 Å². The molecule has 0 aliphatic carbocycles. The van der Waals surface area contributed by atoms with Gasteiger partial charge in [-0.3, -0.25) is 0 Å². The number of nitrogens with two attached hydrogens (primary N) is 1. The van der Waals surface area contributed by atoms with E-state index in [1.54, 1.807) is 12.3 Å². The van der Waals surface area contributed by atoms with E-state index in [0.29, 0.717) is 19.6 Å². The van der Waals surface area contributed by atoms with Crippen molar-refractivity contribution in [3.8, 4) is 0 Å². The Balaban J connectivity index is 2.85. The minimum Gasteiger partial charge on any atom is -0.349 e. The number of hydrogen-bond donors (Lipinski definition) is 2. The van der Waals surface area contributed by atoms with Crippen LogP contribution in [0.5, 0.6) is 0 Å².